The van der Waals surface area contributed by atoms with Crippen molar-refractivity contribution in [2.75, 3.05) is 20.1 Å². The molecule has 1 aromatic heterocycles. The van der Waals surface area contributed by atoms with Crippen LogP contribution in [0.4, 0.5) is 13.2 Å². The molecule has 414 valence electrons. The van der Waals surface area contributed by atoms with Crippen LogP contribution in [0, 0.1) is 0 Å². The third-order valence-electron chi connectivity index (χ3n) is 13.1. The Morgan fingerprint density at radius 1 is 0.818 bits per heavy atom. The first-order valence-corrected chi connectivity index (χ1v) is 26.5. The highest BCUT2D eigenvalue weighted by atomic mass is 32.1. The lowest BCUT2D eigenvalue weighted by Gasteiger charge is -2.32. The van der Waals surface area contributed by atoms with Gasteiger partial charge in [-0.2, -0.15) is 13.2 Å². The van der Waals surface area contributed by atoms with Crippen molar-refractivity contribution in [2.45, 2.75) is 128 Å². The summed E-state index contributed by atoms with van der Waals surface area (Å²) in [5, 5.41) is 52.3. The number of hydrogen-bond acceptors (Lipinski definition) is 11. The maximum atomic E-state index is 14.5. The van der Waals surface area contributed by atoms with E-state index in [4.69, 9.17) is 9.90 Å². The number of rotatable bonds is 21. The van der Waals surface area contributed by atoms with Gasteiger partial charge in [-0.1, -0.05) is 87.9 Å². The minimum absolute atomic E-state index is 0.0109. The lowest BCUT2D eigenvalue weighted by atomic mass is 9.93. The van der Waals surface area contributed by atoms with Crippen LogP contribution < -0.4 is 32.1 Å². The molecule has 77 heavy (non-hydrogen) atoms. The Morgan fingerprint density at radius 2 is 1.45 bits per heavy atom. The van der Waals surface area contributed by atoms with Gasteiger partial charge in [0.2, 0.25) is 23.6 Å². The number of fused-ring (bicyclic) bond motifs is 6. The SMILES string of the molecule is CCCCCCCCCc1ccc(-c2ccc3sc(C(=O)NCCC(=O)N[C@@H](CCCC[NH3+])C(=O)N(C)[C@@H]4C(=O)N[C@@H](C)C(=O)N[C@H](C(=O)O)Cc5ccc(O)c(c5)-c5cc4ccc5O)cc3c2)cc1.O=C([O-])C(F)(F)F. The fourth-order valence-electron chi connectivity index (χ4n) is 8.79. The standard InChI is InChI=1S/C54H66N6O9S.C2HF3O2/c1-4-5-6-7-8-9-10-13-34-15-18-36(19-16-34)37-21-24-46-39(30-37)32-47(70-46)51(65)56-27-25-48(63)58-42(14-11-12-26-55)53(67)60(3)49-38-20-23-45(62)41(31-38)40-28-35(17-22-44(40)61)29-43(54(68)69)59-50(64)33(2)57-52(49)66;3-2(4,5)1(6)7/h15-24,28,30-33,42-43,49,61-62H,4-14,25-27,29,55H2,1-3H3,(H,56,65)(H,57,66)(H,58,63)(H,59,64)(H,68,69);(H,6,7)/t33-,42-,43-,49-;/m0./s1. The van der Waals surface area contributed by atoms with Crippen molar-refractivity contribution in [1.29, 1.82) is 0 Å². The Balaban J connectivity index is 0.00000146. The first-order chi connectivity index (χ1) is 36.6. The number of halogens is 3. The largest absolute Gasteiger partial charge is 0.542 e. The van der Waals surface area contributed by atoms with Crippen LogP contribution >= 0.6 is 11.3 Å². The molecule has 1 aliphatic heterocycles. The van der Waals surface area contributed by atoms with E-state index in [-0.39, 0.29) is 59.9 Å². The van der Waals surface area contributed by atoms with Crippen LogP contribution in [-0.2, 0) is 41.6 Å². The molecule has 6 rings (SSSR count). The number of aromatic hydroxyl groups is 2. The molecule has 0 radical (unpaired) electrons. The molecule has 0 aliphatic carbocycles. The number of carbonyl (C=O) groups excluding carboxylic acids is 6. The van der Waals surface area contributed by atoms with Crippen LogP contribution in [0.3, 0.4) is 0 Å². The number of quaternary nitrogens is 1. The number of aliphatic carboxylic acids is 2. The summed E-state index contributed by atoms with van der Waals surface area (Å²) in [5.74, 6) is -7.89. The number of benzene rings is 4. The predicted molar refractivity (Wildman–Crippen MR) is 282 cm³/mol. The summed E-state index contributed by atoms with van der Waals surface area (Å²) in [6.45, 7) is 4.19. The summed E-state index contributed by atoms with van der Waals surface area (Å²) < 4.78 is 32.5. The van der Waals surface area contributed by atoms with Crippen molar-refractivity contribution < 1.29 is 72.9 Å². The summed E-state index contributed by atoms with van der Waals surface area (Å²) in [7, 11) is 1.38. The Labute approximate surface area is 448 Å². The number of nitrogens with one attached hydrogen (secondary N) is 4. The Morgan fingerprint density at radius 3 is 2.10 bits per heavy atom. The van der Waals surface area contributed by atoms with Crippen LogP contribution in [-0.4, -0.2) is 106 Å². The van der Waals surface area contributed by atoms with Gasteiger partial charge < -0.3 is 57.1 Å². The molecule has 0 fully saturated rings. The quantitative estimate of drug-likeness (QED) is 0.0390. The van der Waals surface area contributed by atoms with Gasteiger partial charge in [0, 0.05) is 42.3 Å². The maximum absolute atomic E-state index is 14.5. The minimum Gasteiger partial charge on any atom is -0.542 e. The molecule has 1 aliphatic rings. The van der Waals surface area contributed by atoms with Gasteiger partial charge in [-0.3, -0.25) is 24.0 Å². The Bertz CT molecular complexity index is 2880. The van der Waals surface area contributed by atoms with Crippen molar-refractivity contribution in [2.24, 2.45) is 0 Å². The van der Waals surface area contributed by atoms with Gasteiger partial charge in [0.15, 0.2) is 0 Å². The molecule has 0 spiro atoms. The number of amides is 5. The number of thiophene rings is 1. The topological polar surface area (TPSA) is 282 Å². The highest BCUT2D eigenvalue weighted by Gasteiger charge is 2.36. The smallest absolute Gasteiger partial charge is 0.430 e. The lowest BCUT2D eigenvalue weighted by Crippen LogP contribution is -2.55. The molecule has 2 heterocycles. The van der Waals surface area contributed by atoms with Crippen molar-refractivity contribution in [3.8, 4) is 33.8 Å². The van der Waals surface area contributed by atoms with Crippen LogP contribution in [0.15, 0.2) is 84.9 Å². The highest BCUT2D eigenvalue weighted by Crippen LogP contribution is 2.39. The number of aryl methyl sites for hydroxylation is 1. The number of likely N-dealkylation sites (N-methyl/N-ethyl adjacent to an activating group) is 1. The first kappa shape index (κ1) is 60.3. The second-order valence-electron chi connectivity index (χ2n) is 19.0. The predicted octanol–water partition coefficient (Wildman–Crippen LogP) is 6.09. The number of unbranched alkanes of at least 4 members (excludes halogenated alkanes) is 7. The monoisotopic (exact) mass is 1090 g/mol. The highest BCUT2D eigenvalue weighted by molar-refractivity contribution is 7.20. The molecular weight excluding hydrogens is 1020 g/mol. The van der Waals surface area contributed by atoms with Crippen molar-refractivity contribution in [1.82, 2.24) is 26.2 Å². The van der Waals surface area contributed by atoms with E-state index in [0.717, 1.165) is 32.5 Å². The average Bonchev–Trinajstić information content (AvgIpc) is 3.84. The average molecular weight is 1090 g/mol. The van der Waals surface area contributed by atoms with Crippen molar-refractivity contribution in [3.05, 3.63) is 106 Å². The number of nitrogens with zero attached hydrogens (tertiary/aromatic N) is 1. The van der Waals surface area contributed by atoms with E-state index < -0.39 is 65.9 Å². The molecule has 17 nitrogen and oxygen atoms in total. The van der Waals surface area contributed by atoms with Gasteiger partial charge in [0.05, 0.1) is 11.4 Å². The van der Waals surface area contributed by atoms with Gasteiger partial charge in [-0.15, -0.1) is 11.3 Å². The molecule has 21 heteroatoms. The molecule has 4 bridgehead atoms. The minimum atomic E-state index is -5.19. The molecule has 0 saturated carbocycles. The second kappa shape index (κ2) is 28.6. The molecular formula is C56H67F3N6O11S. The van der Waals surface area contributed by atoms with Crippen LogP contribution in [0.25, 0.3) is 32.3 Å². The van der Waals surface area contributed by atoms with Crippen LogP contribution in [0.1, 0.15) is 117 Å². The van der Waals surface area contributed by atoms with E-state index >= 15 is 0 Å². The molecule has 5 aromatic rings. The molecule has 4 aromatic carbocycles. The van der Waals surface area contributed by atoms with Gasteiger partial charge in [0.1, 0.15) is 41.6 Å². The van der Waals surface area contributed by atoms with Gasteiger partial charge in [-0.05, 0) is 115 Å². The Hall–Kier alpha value is -7.52. The van der Waals surface area contributed by atoms with Crippen molar-refractivity contribution in [3.63, 3.8) is 0 Å². The van der Waals surface area contributed by atoms with Gasteiger partial charge in [0.25, 0.3) is 5.91 Å². The second-order valence-corrected chi connectivity index (χ2v) is 20.1. The molecule has 5 amide bonds. The number of carboxylic acid groups (broad SMARTS) is 2. The van der Waals surface area contributed by atoms with E-state index in [1.807, 2.05) is 12.1 Å². The van der Waals surface area contributed by atoms with E-state index in [1.54, 1.807) is 0 Å². The fraction of sp³-hybridized carbons (Fsp3) is 0.411. The van der Waals surface area contributed by atoms with Gasteiger partial charge in [-0.25, -0.2) is 4.79 Å². The third kappa shape index (κ3) is 17.5. The fourth-order valence-corrected chi connectivity index (χ4v) is 9.75. The summed E-state index contributed by atoms with van der Waals surface area (Å²) in [5.41, 5.74) is 8.26. The van der Waals surface area contributed by atoms with E-state index in [9.17, 15) is 57.3 Å². The number of phenols is 2. The van der Waals surface area contributed by atoms with E-state index in [1.165, 1.54) is 112 Å². The third-order valence-corrected chi connectivity index (χ3v) is 14.2. The van der Waals surface area contributed by atoms with Crippen LogP contribution in [0.2, 0.25) is 0 Å². The molecule has 4 atom stereocenters. The molecule has 0 saturated heterocycles. The zero-order valence-corrected chi connectivity index (χ0v) is 44.1. The van der Waals surface area contributed by atoms with Crippen molar-refractivity contribution >= 4 is 62.9 Å². The Kier molecular flexibility index (Phi) is 22.4. The first-order valence-electron chi connectivity index (χ1n) is 25.6. The zero-order valence-electron chi connectivity index (χ0n) is 43.3. The van der Waals surface area contributed by atoms with Gasteiger partial charge >= 0.3 is 12.1 Å². The normalized spacial score (nSPS) is 15.9. The number of hydrogen-bond donors (Lipinski definition) is 8. The number of carboxylic acids is 2. The van der Waals surface area contributed by atoms with E-state index in [2.05, 4.69) is 70.3 Å². The summed E-state index contributed by atoms with van der Waals surface area (Å²) >= 11 is 1.36. The number of alkyl halides is 3. The summed E-state index contributed by atoms with van der Waals surface area (Å²) in [6, 6.07) is 20.0. The lowest BCUT2D eigenvalue weighted by molar-refractivity contribution is -0.368. The zero-order chi connectivity index (χ0) is 56.4. The number of carbonyl (C=O) groups is 7. The number of phenolic OH excluding ortho intramolecular Hbond substituents is 2. The summed E-state index contributed by atoms with van der Waals surface area (Å²) in [6.07, 6.45) is 5.91. The molecule has 0 unspecified atom stereocenters. The van der Waals surface area contributed by atoms with Crippen LogP contribution in [0.5, 0.6) is 11.5 Å². The maximum Gasteiger partial charge on any atom is 0.430 e. The summed E-state index contributed by atoms with van der Waals surface area (Å²) in [4.78, 5) is 91.5. The molecule has 10 N–H and O–H groups in total. The van der Waals surface area contributed by atoms with E-state index in [0.29, 0.717) is 29.8 Å².